The third kappa shape index (κ3) is 3.22. The maximum Gasteiger partial charge on any atom is 0.133 e. The van der Waals surface area contributed by atoms with Gasteiger partial charge in [-0.1, -0.05) is 48.9 Å². The summed E-state index contributed by atoms with van der Waals surface area (Å²) in [5.74, 6) is 1.20. The summed E-state index contributed by atoms with van der Waals surface area (Å²) >= 11 is 0. The van der Waals surface area contributed by atoms with Gasteiger partial charge in [0.15, 0.2) is 0 Å². The van der Waals surface area contributed by atoms with Gasteiger partial charge in [-0.3, -0.25) is 4.90 Å². The maximum absolute atomic E-state index is 5.17. The quantitative estimate of drug-likeness (QED) is 0.709. The molecule has 4 heteroatoms. The van der Waals surface area contributed by atoms with Gasteiger partial charge in [0.05, 0.1) is 17.4 Å². The van der Waals surface area contributed by atoms with Gasteiger partial charge in [0.2, 0.25) is 0 Å². The molecule has 0 saturated carbocycles. The van der Waals surface area contributed by atoms with Crippen molar-refractivity contribution in [1.29, 1.82) is 0 Å². The largest absolute Gasteiger partial charge is 0.369 e. The number of rotatable bonds is 4. The lowest BCUT2D eigenvalue weighted by Gasteiger charge is -2.35. The van der Waals surface area contributed by atoms with Crippen molar-refractivity contribution in [2.24, 2.45) is 0 Å². The van der Waals surface area contributed by atoms with E-state index in [0.717, 1.165) is 31.7 Å². The molecule has 1 N–H and O–H groups in total. The van der Waals surface area contributed by atoms with Crippen LogP contribution >= 0.6 is 0 Å². The van der Waals surface area contributed by atoms with E-state index in [0.29, 0.717) is 6.04 Å². The van der Waals surface area contributed by atoms with Gasteiger partial charge in [0.1, 0.15) is 5.82 Å². The van der Waals surface area contributed by atoms with Crippen molar-refractivity contribution in [2.45, 2.75) is 45.2 Å². The molecule has 1 saturated heterocycles. The Labute approximate surface area is 167 Å². The van der Waals surface area contributed by atoms with Gasteiger partial charge in [-0.2, -0.15) is 5.10 Å². The van der Waals surface area contributed by atoms with Crippen molar-refractivity contribution in [1.82, 2.24) is 14.7 Å². The molecule has 5 rings (SSSR count). The first kappa shape index (κ1) is 17.5. The molecule has 1 fully saturated rings. The first-order valence-corrected chi connectivity index (χ1v) is 10.5. The highest BCUT2D eigenvalue weighted by molar-refractivity contribution is 5.58. The predicted molar refractivity (Wildman–Crippen MR) is 114 cm³/mol. The molecule has 3 aromatic rings. The van der Waals surface area contributed by atoms with Crippen molar-refractivity contribution >= 4 is 5.82 Å². The van der Waals surface area contributed by atoms with Crippen LogP contribution in [-0.2, 0) is 13.0 Å². The number of hydrogen-bond donors (Lipinski definition) is 1. The number of hydrogen-bond acceptors (Lipinski definition) is 3. The number of aromatic nitrogens is 2. The average Bonchev–Trinajstić information content (AvgIpc) is 3.32. The summed E-state index contributed by atoms with van der Waals surface area (Å²) in [7, 11) is 0. The lowest BCUT2D eigenvalue weighted by molar-refractivity contribution is 0.136. The minimum Gasteiger partial charge on any atom is -0.369 e. The van der Waals surface area contributed by atoms with E-state index in [9.17, 15) is 0 Å². The molecular weight excluding hydrogens is 344 g/mol. The Bertz CT molecular complexity index is 960. The Morgan fingerprint density at radius 1 is 1.07 bits per heavy atom. The second-order valence-electron chi connectivity index (χ2n) is 8.11. The van der Waals surface area contributed by atoms with Crippen LogP contribution < -0.4 is 5.32 Å². The van der Waals surface area contributed by atoms with Crippen molar-refractivity contribution in [2.75, 3.05) is 18.4 Å². The number of anilines is 1. The topological polar surface area (TPSA) is 33.1 Å². The first-order chi connectivity index (χ1) is 13.8. The SMILES string of the molecule is Cc1cccc(-n2nc(C3CCCCN3Cc3ccccc3)c3c2NCC3)c1. The van der Waals surface area contributed by atoms with E-state index >= 15 is 0 Å². The Hall–Kier alpha value is -2.59. The maximum atomic E-state index is 5.17. The zero-order chi connectivity index (χ0) is 18.9. The number of fused-ring (bicyclic) bond motifs is 1. The van der Waals surface area contributed by atoms with Gasteiger partial charge in [-0.15, -0.1) is 0 Å². The van der Waals surface area contributed by atoms with Gasteiger partial charge in [-0.05, 0) is 56.0 Å². The van der Waals surface area contributed by atoms with Gasteiger partial charge < -0.3 is 5.32 Å². The van der Waals surface area contributed by atoms with E-state index < -0.39 is 0 Å². The van der Waals surface area contributed by atoms with Crippen LogP contribution in [0, 0.1) is 6.92 Å². The van der Waals surface area contributed by atoms with Crippen molar-refractivity contribution in [3.8, 4) is 5.69 Å². The Kier molecular flexibility index (Phi) is 4.65. The van der Waals surface area contributed by atoms with Gasteiger partial charge in [0.25, 0.3) is 0 Å². The molecular formula is C24H28N4. The molecule has 1 atom stereocenters. The van der Waals surface area contributed by atoms with Crippen LogP contribution in [0.3, 0.4) is 0 Å². The van der Waals surface area contributed by atoms with Crippen molar-refractivity contribution in [3.63, 3.8) is 0 Å². The molecule has 1 aromatic heterocycles. The lowest BCUT2D eigenvalue weighted by Crippen LogP contribution is -2.33. The van der Waals surface area contributed by atoms with Crippen molar-refractivity contribution in [3.05, 3.63) is 77.0 Å². The van der Waals surface area contributed by atoms with Crippen LogP contribution in [-0.4, -0.2) is 27.8 Å². The highest BCUT2D eigenvalue weighted by atomic mass is 15.4. The van der Waals surface area contributed by atoms with E-state index in [2.05, 4.69) is 76.4 Å². The third-order valence-electron chi connectivity index (χ3n) is 6.09. The molecule has 4 nitrogen and oxygen atoms in total. The number of piperidine rings is 1. The summed E-state index contributed by atoms with van der Waals surface area (Å²) in [6.07, 6.45) is 4.84. The van der Waals surface area contributed by atoms with E-state index in [-0.39, 0.29) is 0 Å². The average molecular weight is 373 g/mol. The zero-order valence-electron chi connectivity index (χ0n) is 16.6. The number of likely N-dealkylation sites (tertiary alicyclic amines) is 1. The molecule has 144 valence electrons. The lowest BCUT2D eigenvalue weighted by atomic mass is 9.95. The Morgan fingerprint density at radius 3 is 2.82 bits per heavy atom. The van der Waals surface area contributed by atoms with Crippen LogP contribution in [0.5, 0.6) is 0 Å². The van der Waals surface area contributed by atoms with Crippen LogP contribution in [0.1, 0.15) is 47.7 Å². The summed E-state index contributed by atoms with van der Waals surface area (Å²) in [6, 6.07) is 19.9. The molecule has 3 heterocycles. The van der Waals surface area contributed by atoms with Crippen molar-refractivity contribution < 1.29 is 0 Å². The number of nitrogens with one attached hydrogen (secondary N) is 1. The van der Waals surface area contributed by atoms with Crippen LogP contribution in [0.15, 0.2) is 54.6 Å². The zero-order valence-corrected chi connectivity index (χ0v) is 16.6. The summed E-state index contributed by atoms with van der Waals surface area (Å²) in [4.78, 5) is 2.64. The van der Waals surface area contributed by atoms with Crippen LogP contribution in [0.2, 0.25) is 0 Å². The molecule has 2 aromatic carbocycles. The van der Waals surface area contributed by atoms with E-state index in [1.165, 1.54) is 47.5 Å². The summed E-state index contributed by atoms with van der Waals surface area (Å²) in [5.41, 5.74) is 6.53. The first-order valence-electron chi connectivity index (χ1n) is 10.5. The standard InChI is InChI=1S/C24H28N4/c1-18-8-7-11-20(16-18)28-24-21(13-14-25-24)23(26-28)22-12-5-6-15-27(22)17-19-9-3-2-4-10-19/h2-4,7-11,16,22,25H,5-6,12-15,17H2,1H3. The Morgan fingerprint density at radius 2 is 1.96 bits per heavy atom. The second-order valence-corrected chi connectivity index (χ2v) is 8.11. The fourth-order valence-electron chi connectivity index (χ4n) is 4.72. The highest BCUT2D eigenvalue weighted by Gasteiger charge is 2.32. The van der Waals surface area contributed by atoms with Crippen LogP contribution in [0.25, 0.3) is 5.69 Å². The fraction of sp³-hybridized carbons (Fsp3) is 0.375. The molecule has 2 aliphatic rings. The fourth-order valence-corrected chi connectivity index (χ4v) is 4.72. The molecule has 0 aliphatic carbocycles. The molecule has 0 amide bonds. The van der Waals surface area contributed by atoms with E-state index in [1.807, 2.05) is 0 Å². The number of benzene rings is 2. The molecule has 0 spiro atoms. The summed E-state index contributed by atoms with van der Waals surface area (Å²) < 4.78 is 2.14. The summed E-state index contributed by atoms with van der Waals surface area (Å²) in [6.45, 7) is 5.31. The summed E-state index contributed by atoms with van der Waals surface area (Å²) in [5, 5.41) is 8.76. The second kappa shape index (κ2) is 7.44. The number of aryl methyl sites for hydroxylation is 1. The minimum absolute atomic E-state index is 0.411. The van der Waals surface area contributed by atoms with Gasteiger partial charge in [-0.25, -0.2) is 4.68 Å². The molecule has 2 aliphatic heterocycles. The molecule has 0 bridgehead atoms. The smallest absolute Gasteiger partial charge is 0.133 e. The third-order valence-corrected chi connectivity index (χ3v) is 6.09. The predicted octanol–water partition coefficient (Wildman–Crippen LogP) is 4.88. The highest BCUT2D eigenvalue weighted by Crippen LogP contribution is 2.38. The van der Waals surface area contributed by atoms with Gasteiger partial charge in [0, 0.05) is 18.7 Å². The van der Waals surface area contributed by atoms with Crippen LogP contribution in [0.4, 0.5) is 5.82 Å². The Balaban J connectivity index is 1.52. The van der Waals surface area contributed by atoms with Gasteiger partial charge >= 0.3 is 0 Å². The van der Waals surface area contributed by atoms with E-state index in [1.54, 1.807) is 0 Å². The minimum atomic E-state index is 0.411. The normalized spacial score (nSPS) is 19.4. The molecule has 0 radical (unpaired) electrons. The van der Waals surface area contributed by atoms with E-state index in [4.69, 9.17) is 5.10 Å². The molecule has 28 heavy (non-hydrogen) atoms. The number of nitrogens with zero attached hydrogens (tertiary/aromatic N) is 3. The monoisotopic (exact) mass is 372 g/mol. The molecule has 1 unspecified atom stereocenters.